The van der Waals surface area contributed by atoms with Crippen LogP contribution in [0.5, 0.6) is 0 Å². The van der Waals surface area contributed by atoms with E-state index in [2.05, 4.69) is 39.0 Å². The fourth-order valence-electron chi connectivity index (χ4n) is 3.76. The van der Waals surface area contributed by atoms with E-state index in [0.29, 0.717) is 12.1 Å². The quantitative estimate of drug-likeness (QED) is 0.464. The van der Waals surface area contributed by atoms with Crippen LogP contribution in [0.1, 0.15) is 41.3 Å². The molecule has 6 heteroatoms. The number of fused-ring (bicyclic) bond motifs is 1. The molecule has 3 aromatic rings. The van der Waals surface area contributed by atoms with E-state index in [0.717, 1.165) is 51.0 Å². The zero-order valence-corrected chi connectivity index (χ0v) is 18.7. The molecule has 1 amide bonds. The first-order valence-electron chi connectivity index (χ1n) is 10.1. The van der Waals surface area contributed by atoms with Crippen LogP contribution >= 0.6 is 23.1 Å². The zero-order valence-electron chi connectivity index (χ0n) is 17.1. The molecule has 1 aromatic heterocycles. The highest BCUT2D eigenvalue weighted by Crippen LogP contribution is 2.33. The van der Waals surface area contributed by atoms with Crippen LogP contribution in [0.3, 0.4) is 0 Å². The number of ether oxygens (including phenoxy) is 1. The molecule has 0 radical (unpaired) electrons. The number of hydrogen-bond acceptors (Lipinski definition) is 5. The predicted octanol–water partition coefficient (Wildman–Crippen LogP) is 5.85. The van der Waals surface area contributed by atoms with Crippen LogP contribution in [0.15, 0.2) is 41.3 Å². The van der Waals surface area contributed by atoms with Crippen molar-refractivity contribution in [2.45, 2.75) is 44.6 Å². The van der Waals surface area contributed by atoms with Crippen LogP contribution in [-0.4, -0.2) is 35.9 Å². The summed E-state index contributed by atoms with van der Waals surface area (Å²) < 4.78 is 6.97. The van der Waals surface area contributed by atoms with Gasteiger partial charge in [0.05, 0.1) is 22.9 Å². The van der Waals surface area contributed by atoms with Gasteiger partial charge in [-0.3, -0.25) is 9.69 Å². The second-order valence-corrected chi connectivity index (χ2v) is 9.78. The molecule has 0 bridgehead atoms. The Labute approximate surface area is 180 Å². The summed E-state index contributed by atoms with van der Waals surface area (Å²) in [6.07, 6.45) is 2.11. The molecule has 152 valence electrons. The van der Waals surface area contributed by atoms with Crippen molar-refractivity contribution in [1.82, 2.24) is 4.98 Å². The molecule has 0 saturated carbocycles. The second kappa shape index (κ2) is 8.86. The van der Waals surface area contributed by atoms with Crippen LogP contribution in [0.2, 0.25) is 0 Å². The average molecular weight is 427 g/mol. The van der Waals surface area contributed by atoms with Crippen LogP contribution < -0.4 is 4.90 Å². The number of thiazole rings is 1. The van der Waals surface area contributed by atoms with Crippen molar-refractivity contribution in [2.24, 2.45) is 0 Å². The Hall–Kier alpha value is -1.89. The summed E-state index contributed by atoms with van der Waals surface area (Å²) in [5, 5.41) is 0.753. The van der Waals surface area contributed by atoms with Gasteiger partial charge >= 0.3 is 0 Å². The molecule has 1 fully saturated rings. The lowest BCUT2D eigenvalue weighted by atomic mass is 10.1. The SMILES string of the molecule is CCSc1cccc(C(=O)N(CC2CCCO2)c2nc3c(C)cc(C)cc3s2)c1. The summed E-state index contributed by atoms with van der Waals surface area (Å²) in [7, 11) is 0. The Morgan fingerprint density at radius 1 is 1.31 bits per heavy atom. The van der Waals surface area contributed by atoms with E-state index in [-0.39, 0.29) is 12.0 Å². The van der Waals surface area contributed by atoms with Gasteiger partial charge in [0.15, 0.2) is 5.13 Å². The maximum Gasteiger partial charge on any atom is 0.260 e. The number of rotatable bonds is 6. The Morgan fingerprint density at radius 2 is 2.17 bits per heavy atom. The lowest BCUT2D eigenvalue weighted by molar-refractivity contribution is 0.0917. The van der Waals surface area contributed by atoms with Gasteiger partial charge in [-0.1, -0.05) is 30.4 Å². The smallest absolute Gasteiger partial charge is 0.260 e. The van der Waals surface area contributed by atoms with E-state index in [1.807, 2.05) is 23.1 Å². The summed E-state index contributed by atoms with van der Waals surface area (Å²) in [5.74, 6) is 0.973. The van der Waals surface area contributed by atoms with Gasteiger partial charge in [-0.2, -0.15) is 0 Å². The molecule has 1 unspecified atom stereocenters. The maximum atomic E-state index is 13.5. The minimum absolute atomic E-state index is 0.00696. The first-order valence-corrected chi connectivity index (χ1v) is 11.9. The number of anilines is 1. The summed E-state index contributed by atoms with van der Waals surface area (Å²) >= 11 is 3.33. The number of thioether (sulfide) groups is 1. The number of aryl methyl sites for hydroxylation is 2. The number of amides is 1. The second-order valence-electron chi connectivity index (χ2n) is 7.44. The van der Waals surface area contributed by atoms with Crippen molar-refractivity contribution < 1.29 is 9.53 Å². The molecule has 1 aliphatic rings. The van der Waals surface area contributed by atoms with E-state index >= 15 is 0 Å². The highest BCUT2D eigenvalue weighted by molar-refractivity contribution is 7.99. The van der Waals surface area contributed by atoms with Crippen molar-refractivity contribution >= 4 is 44.4 Å². The Kier molecular flexibility index (Phi) is 6.23. The normalized spacial score (nSPS) is 16.4. The predicted molar refractivity (Wildman–Crippen MR) is 123 cm³/mol. The minimum Gasteiger partial charge on any atom is -0.376 e. The third-order valence-electron chi connectivity index (χ3n) is 5.10. The average Bonchev–Trinajstić information content (AvgIpc) is 3.35. The minimum atomic E-state index is -0.00696. The lowest BCUT2D eigenvalue weighted by Gasteiger charge is -2.23. The van der Waals surface area contributed by atoms with Gasteiger partial charge in [-0.05, 0) is 67.8 Å². The molecule has 4 nitrogen and oxygen atoms in total. The molecular formula is C23H26N2O2S2. The third kappa shape index (κ3) is 4.49. The van der Waals surface area contributed by atoms with E-state index in [1.165, 1.54) is 5.56 Å². The van der Waals surface area contributed by atoms with Crippen LogP contribution in [0.4, 0.5) is 5.13 Å². The van der Waals surface area contributed by atoms with Gasteiger partial charge < -0.3 is 4.74 Å². The molecule has 2 heterocycles. The molecule has 1 aliphatic heterocycles. The monoisotopic (exact) mass is 426 g/mol. The fourth-order valence-corrected chi connectivity index (χ4v) is 5.62. The van der Waals surface area contributed by atoms with Crippen LogP contribution in [0.25, 0.3) is 10.2 Å². The first kappa shape index (κ1) is 20.4. The Morgan fingerprint density at radius 3 is 2.93 bits per heavy atom. The fraction of sp³-hybridized carbons (Fsp3) is 0.391. The summed E-state index contributed by atoms with van der Waals surface area (Å²) in [6, 6.07) is 12.2. The lowest BCUT2D eigenvalue weighted by Crippen LogP contribution is -2.37. The van der Waals surface area contributed by atoms with Gasteiger partial charge in [0.1, 0.15) is 0 Å². The number of carbonyl (C=O) groups is 1. The maximum absolute atomic E-state index is 13.5. The van der Waals surface area contributed by atoms with Gasteiger partial charge in [-0.15, -0.1) is 11.8 Å². The Bertz CT molecular complexity index is 1020. The molecule has 2 aromatic carbocycles. The van der Waals surface area contributed by atoms with Crippen molar-refractivity contribution in [1.29, 1.82) is 0 Å². The summed E-state index contributed by atoms with van der Waals surface area (Å²) in [4.78, 5) is 21.4. The molecule has 0 N–H and O–H groups in total. The summed E-state index contributed by atoms with van der Waals surface area (Å²) in [5.41, 5.74) is 4.05. The summed E-state index contributed by atoms with van der Waals surface area (Å²) in [6.45, 7) is 7.61. The highest BCUT2D eigenvalue weighted by Gasteiger charge is 2.27. The van der Waals surface area contributed by atoms with E-state index in [4.69, 9.17) is 9.72 Å². The molecule has 29 heavy (non-hydrogen) atoms. The molecule has 0 aliphatic carbocycles. The molecule has 1 saturated heterocycles. The van der Waals surface area contributed by atoms with E-state index in [9.17, 15) is 4.79 Å². The van der Waals surface area contributed by atoms with Gasteiger partial charge in [-0.25, -0.2) is 4.98 Å². The molecule has 1 atom stereocenters. The standard InChI is InChI=1S/C23H26N2O2S2/c1-4-28-19-9-5-7-17(13-19)22(26)25(14-18-8-6-10-27-18)23-24-21-16(3)11-15(2)12-20(21)29-23/h5,7,9,11-13,18H,4,6,8,10,14H2,1-3H3. The number of benzene rings is 2. The van der Waals surface area contributed by atoms with Gasteiger partial charge in [0, 0.05) is 17.1 Å². The number of hydrogen-bond donors (Lipinski definition) is 0. The first-order chi connectivity index (χ1) is 14.0. The topological polar surface area (TPSA) is 42.4 Å². The van der Waals surface area contributed by atoms with Crippen molar-refractivity contribution in [2.75, 3.05) is 23.8 Å². The van der Waals surface area contributed by atoms with Crippen LogP contribution in [-0.2, 0) is 4.74 Å². The molecular weight excluding hydrogens is 400 g/mol. The zero-order chi connectivity index (χ0) is 20.4. The highest BCUT2D eigenvalue weighted by atomic mass is 32.2. The Balaban J connectivity index is 1.72. The van der Waals surface area contributed by atoms with Gasteiger partial charge in [0.2, 0.25) is 0 Å². The number of aromatic nitrogens is 1. The van der Waals surface area contributed by atoms with Crippen molar-refractivity contribution in [3.8, 4) is 0 Å². The number of carbonyl (C=O) groups excluding carboxylic acids is 1. The van der Waals surface area contributed by atoms with Gasteiger partial charge in [0.25, 0.3) is 5.91 Å². The van der Waals surface area contributed by atoms with Crippen LogP contribution in [0, 0.1) is 13.8 Å². The third-order valence-corrected chi connectivity index (χ3v) is 7.00. The van der Waals surface area contributed by atoms with E-state index in [1.54, 1.807) is 23.1 Å². The van der Waals surface area contributed by atoms with E-state index < -0.39 is 0 Å². The molecule has 4 rings (SSSR count). The van der Waals surface area contributed by atoms with Crippen molar-refractivity contribution in [3.63, 3.8) is 0 Å². The van der Waals surface area contributed by atoms with Crippen molar-refractivity contribution in [3.05, 3.63) is 53.1 Å². The molecule has 0 spiro atoms. The largest absolute Gasteiger partial charge is 0.376 e. The number of nitrogens with zero attached hydrogens (tertiary/aromatic N) is 2.